The lowest BCUT2D eigenvalue weighted by Gasteiger charge is -2.36. The molecule has 1 aliphatic rings. The van der Waals surface area contributed by atoms with E-state index in [1.54, 1.807) is 13.2 Å². The topological polar surface area (TPSA) is 44.8 Å². The van der Waals surface area contributed by atoms with Gasteiger partial charge in [0.2, 0.25) is 5.91 Å². The zero-order valence-electron chi connectivity index (χ0n) is 14.5. The minimum Gasteiger partial charge on any atom is -0.497 e. The highest BCUT2D eigenvalue weighted by Crippen LogP contribution is 2.29. The lowest BCUT2D eigenvalue weighted by molar-refractivity contribution is -0.117. The van der Waals surface area contributed by atoms with Crippen molar-refractivity contribution in [2.45, 2.75) is 0 Å². The highest BCUT2D eigenvalue weighted by Gasteiger charge is 2.20. The molecule has 0 bridgehead atoms. The number of rotatable bonds is 5. The standard InChI is InChI=1S/C19H21Cl2N3O2/c1-26-16-5-3-15(4-6-16)22-19(25)13-23-8-10-24(11-9-23)18-12-14(20)2-7-17(18)21/h2-7,12H,8-11,13H2,1H3,(H,22,25). The predicted octanol–water partition coefficient (Wildman–Crippen LogP) is 3.76. The summed E-state index contributed by atoms with van der Waals surface area (Å²) in [6.45, 7) is 3.55. The summed E-state index contributed by atoms with van der Waals surface area (Å²) in [7, 11) is 1.61. The van der Waals surface area contributed by atoms with Crippen molar-refractivity contribution in [3.63, 3.8) is 0 Å². The monoisotopic (exact) mass is 393 g/mol. The van der Waals surface area contributed by atoms with Crippen LogP contribution >= 0.6 is 23.2 Å². The van der Waals surface area contributed by atoms with Gasteiger partial charge in [-0.1, -0.05) is 23.2 Å². The molecule has 1 saturated heterocycles. The average Bonchev–Trinajstić information content (AvgIpc) is 2.65. The smallest absolute Gasteiger partial charge is 0.238 e. The summed E-state index contributed by atoms with van der Waals surface area (Å²) in [4.78, 5) is 16.6. The Morgan fingerprint density at radius 3 is 2.42 bits per heavy atom. The highest BCUT2D eigenvalue weighted by molar-refractivity contribution is 6.35. The molecule has 0 radical (unpaired) electrons. The maximum absolute atomic E-state index is 12.2. The molecule has 138 valence electrons. The van der Waals surface area contributed by atoms with Gasteiger partial charge in [0.15, 0.2) is 0 Å². The summed E-state index contributed by atoms with van der Waals surface area (Å²) in [5, 5.41) is 4.28. The summed E-state index contributed by atoms with van der Waals surface area (Å²) in [5.74, 6) is 0.739. The van der Waals surface area contributed by atoms with Gasteiger partial charge < -0.3 is 15.0 Å². The first kappa shape index (κ1) is 18.8. The molecule has 5 nitrogen and oxygen atoms in total. The molecule has 0 aliphatic carbocycles. The minimum atomic E-state index is -0.0237. The molecule has 1 heterocycles. The van der Waals surface area contributed by atoms with Crippen LogP contribution in [0.1, 0.15) is 0 Å². The van der Waals surface area contributed by atoms with E-state index in [0.717, 1.165) is 43.3 Å². The lowest BCUT2D eigenvalue weighted by atomic mass is 10.2. The van der Waals surface area contributed by atoms with Gasteiger partial charge in [-0.2, -0.15) is 0 Å². The minimum absolute atomic E-state index is 0.0237. The van der Waals surface area contributed by atoms with Crippen molar-refractivity contribution >= 4 is 40.5 Å². The Labute approximate surface area is 163 Å². The molecule has 0 spiro atoms. The van der Waals surface area contributed by atoms with E-state index in [1.807, 2.05) is 36.4 Å². The predicted molar refractivity (Wildman–Crippen MR) is 107 cm³/mol. The lowest BCUT2D eigenvalue weighted by Crippen LogP contribution is -2.48. The molecule has 1 amide bonds. The fourth-order valence-electron chi connectivity index (χ4n) is 2.95. The first-order valence-electron chi connectivity index (χ1n) is 8.41. The van der Waals surface area contributed by atoms with Crippen molar-refractivity contribution < 1.29 is 9.53 Å². The number of amides is 1. The van der Waals surface area contributed by atoms with E-state index in [0.29, 0.717) is 16.6 Å². The summed E-state index contributed by atoms with van der Waals surface area (Å²) >= 11 is 12.3. The molecule has 3 rings (SSSR count). The number of nitrogens with one attached hydrogen (secondary N) is 1. The number of anilines is 2. The second-order valence-corrected chi connectivity index (χ2v) is 6.98. The quantitative estimate of drug-likeness (QED) is 0.839. The molecule has 2 aromatic rings. The first-order chi connectivity index (χ1) is 12.5. The molecule has 7 heteroatoms. The molecule has 0 unspecified atom stereocenters. The normalized spacial score (nSPS) is 15.0. The molecule has 0 aromatic heterocycles. The van der Waals surface area contributed by atoms with Crippen LogP contribution in [0.25, 0.3) is 0 Å². The average molecular weight is 394 g/mol. The van der Waals surface area contributed by atoms with Gasteiger partial charge in [0.1, 0.15) is 5.75 Å². The number of piperazine rings is 1. The van der Waals surface area contributed by atoms with Crippen LogP contribution < -0.4 is 15.0 Å². The maximum atomic E-state index is 12.2. The number of carbonyl (C=O) groups is 1. The van der Waals surface area contributed by atoms with E-state index in [-0.39, 0.29) is 5.91 Å². The number of benzene rings is 2. The number of nitrogens with zero attached hydrogens (tertiary/aromatic N) is 2. The highest BCUT2D eigenvalue weighted by atomic mass is 35.5. The third kappa shape index (κ3) is 4.81. The molecule has 1 N–H and O–H groups in total. The Bertz CT molecular complexity index is 760. The molecule has 0 atom stereocenters. The zero-order valence-corrected chi connectivity index (χ0v) is 16.1. The largest absolute Gasteiger partial charge is 0.497 e. The molecular formula is C19H21Cl2N3O2. The van der Waals surface area contributed by atoms with Crippen molar-refractivity contribution in [1.82, 2.24) is 4.90 Å². The van der Waals surface area contributed by atoms with Crippen LogP contribution in [0.15, 0.2) is 42.5 Å². The Kier molecular flexibility index (Phi) is 6.25. The summed E-state index contributed by atoms with van der Waals surface area (Å²) in [6.07, 6.45) is 0. The van der Waals surface area contributed by atoms with Gasteiger partial charge in [0, 0.05) is 36.9 Å². The van der Waals surface area contributed by atoms with E-state index in [4.69, 9.17) is 27.9 Å². The summed E-state index contributed by atoms with van der Waals surface area (Å²) in [6, 6.07) is 12.8. The maximum Gasteiger partial charge on any atom is 0.238 e. The van der Waals surface area contributed by atoms with Crippen LogP contribution in [-0.2, 0) is 4.79 Å². The fourth-order valence-corrected chi connectivity index (χ4v) is 3.36. The van der Waals surface area contributed by atoms with Crippen molar-refractivity contribution in [2.75, 3.05) is 50.1 Å². The van der Waals surface area contributed by atoms with Crippen LogP contribution in [0, 0.1) is 0 Å². The van der Waals surface area contributed by atoms with Crippen LogP contribution in [0.5, 0.6) is 5.75 Å². The Hall–Kier alpha value is -1.95. The Morgan fingerprint density at radius 2 is 1.77 bits per heavy atom. The van der Waals surface area contributed by atoms with E-state index < -0.39 is 0 Å². The Morgan fingerprint density at radius 1 is 1.08 bits per heavy atom. The number of ether oxygens (including phenoxy) is 1. The third-order valence-corrected chi connectivity index (χ3v) is 4.92. The third-order valence-electron chi connectivity index (χ3n) is 4.36. The molecule has 0 saturated carbocycles. The second-order valence-electron chi connectivity index (χ2n) is 6.14. The number of hydrogen-bond acceptors (Lipinski definition) is 4. The van der Waals surface area contributed by atoms with E-state index in [9.17, 15) is 4.79 Å². The van der Waals surface area contributed by atoms with E-state index in [1.165, 1.54) is 0 Å². The van der Waals surface area contributed by atoms with Gasteiger partial charge in [-0.05, 0) is 42.5 Å². The molecule has 26 heavy (non-hydrogen) atoms. The fraction of sp³-hybridized carbons (Fsp3) is 0.316. The number of halogens is 2. The summed E-state index contributed by atoms with van der Waals surface area (Å²) in [5.41, 5.74) is 1.71. The van der Waals surface area contributed by atoms with Crippen molar-refractivity contribution in [3.05, 3.63) is 52.5 Å². The van der Waals surface area contributed by atoms with Gasteiger partial charge in [-0.15, -0.1) is 0 Å². The van der Waals surface area contributed by atoms with E-state index in [2.05, 4.69) is 15.1 Å². The van der Waals surface area contributed by atoms with Gasteiger partial charge >= 0.3 is 0 Å². The molecule has 1 aliphatic heterocycles. The second kappa shape index (κ2) is 8.62. The van der Waals surface area contributed by atoms with E-state index >= 15 is 0 Å². The number of hydrogen-bond donors (Lipinski definition) is 1. The van der Waals surface area contributed by atoms with Crippen LogP contribution in [0.3, 0.4) is 0 Å². The van der Waals surface area contributed by atoms with Gasteiger partial charge in [0.05, 0.1) is 24.4 Å². The Balaban J connectivity index is 1.50. The number of carbonyl (C=O) groups excluding carboxylic acids is 1. The first-order valence-corrected chi connectivity index (χ1v) is 9.17. The van der Waals surface area contributed by atoms with Gasteiger partial charge in [-0.3, -0.25) is 9.69 Å². The van der Waals surface area contributed by atoms with Crippen LogP contribution in [0.4, 0.5) is 11.4 Å². The molecular weight excluding hydrogens is 373 g/mol. The molecule has 1 fully saturated rings. The zero-order chi connectivity index (χ0) is 18.5. The van der Waals surface area contributed by atoms with Gasteiger partial charge in [0.25, 0.3) is 0 Å². The van der Waals surface area contributed by atoms with Crippen LogP contribution in [-0.4, -0.2) is 50.6 Å². The van der Waals surface area contributed by atoms with Crippen molar-refractivity contribution in [2.24, 2.45) is 0 Å². The molecule has 2 aromatic carbocycles. The van der Waals surface area contributed by atoms with Crippen molar-refractivity contribution in [1.29, 1.82) is 0 Å². The number of methoxy groups -OCH3 is 1. The van der Waals surface area contributed by atoms with Gasteiger partial charge in [-0.25, -0.2) is 0 Å². The van der Waals surface area contributed by atoms with Crippen LogP contribution in [0.2, 0.25) is 10.0 Å². The summed E-state index contributed by atoms with van der Waals surface area (Å²) < 4.78 is 5.11. The van der Waals surface area contributed by atoms with Crippen molar-refractivity contribution in [3.8, 4) is 5.75 Å². The SMILES string of the molecule is COc1ccc(NC(=O)CN2CCN(c3cc(Cl)ccc3Cl)CC2)cc1.